The molecule has 0 N–H and O–H groups in total. The quantitative estimate of drug-likeness (QED) is 0.0845. The van der Waals surface area contributed by atoms with E-state index < -0.39 is 0 Å². The van der Waals surface area contributed by atoms with Gasteiger partial charge >= 0.3 is 0 Å². The summed E-state index contributed by atoms with van der Waals surface area (Å²) in [6.45, 7) is 19.5. The lowest BCUT2D eigenvalue weighted by Crippen LogP contribution is -2.28. The van der Waals surface area contributed by atoms with E-state index in [1.54, 1.807) is 0 Å². The maximum atomic E-state index is 2.60. The molecule has 1 aliphatic rings. The average Bonchev–Trinajstić information content (AvgIpc) is 1.58. The summed E-state index contributed by atoms with van der Waals surface area (Å²) in [6.07, 6.45) is 7.01. The lowest BCUT2D eigenvalue weighted by Gasteiger charge is -2.36. The average molecular weight is 1160 g/mol. The lowest BCUT2D eigenvalue weighted by atomic mass is 9.67. The molecule has 0 spiro atoms. The highest BCUT2D eigenvalue weighted by Crippen LogP contribution is 2.57. The van der Waals surface area contributed by atoms with Crippen LogP contribution in [0.5, 0.6) is 0 Å². The maximum absolute atomic E-state index is 2.60. The lowest BCUT2D eigenvalue weighted by molar-refractivity contribution is 0.257. The Hall–Kier alpha value is -9.24. The number of fused-ring (bicyclic) bond motifs is 5. The molecule has 2 atom stereocenters. The Kier molecular flexibility index (Phi) is 16.3. The maximum Gasteiger partial charge on any atom is 0.0468 e. The molecule has 0 radical (unpaired) electrons. The first-order valence-corrected chi connectivity index (χ1v) is 32.5. The summed E-state index contributed by atoms with van der Waals surface area (Å²) in [5.74, 6) is 1.20. The normalized spacial score (nSPS) is 13.4. The minimum absolute atomic E-state index is 0.140. The Bertz CT molecular complexity index is 4100. The van der Waals surface area contributed by atoms with Crippen molar-refractivity contribution in [2.45, 2.75) is 99.3 Å². The van der Waals surface area contributed by atoms with Gasteiger partial charge in [0.1, 0.15) is 0 Å². The zero-order valence-corrected chi connectivity index (χ0v) is 53.3. The highest BCUT2D eigenvalue weighted by atomic mass is 15.1. The fraction of sp³-hybridized carbons (Fsp3) is 0.218. The summed E-state index contributed by atoms with van der Waals surface area (Å²) in [5, 5.41) is 4.94. The van der Waals surface area contributed by atoms with Crippen molar-refractivity contribution in [3.05, 3.63) is 290 Å². The number of rotatable bonds is 18. The van der Waals surface area contributed by atoms with Crippen LogP contribution in [0.1, 0.15) is 105 Å². The molecule has 1 aliphatic carbocycles. The summed E-state index contributed by atoms with van der Waals surface area (Å²) in [6, 6.07) is 104. The van der Waals surface area contributed by atoms with Gasteiger partial charge in [-0.15, -0.1) is 0 Å². The number of para-hydroxylation sites is 2. The first-order valence-electron chi connectivity index (χ1n) is 32.5. The standard InChI is InChI=1S/C87H84N2/c1-61(59-85(3,4)5)51-53-87(54-52-62(2)60-86(6,7)8)83-57-73(69-31-27-65(28-32-69)67-35-43-77(44-36-67)88(75-23-11-9-12-24-75)79-47-39-63-19-15-17-21-71(63)55-79)41-49-81(83)82-50-42-74(58-84(82)87)70-33-29-66(30-34-70)68-37-45-78(46-38-68)89(76-25-13-10-14-26-76)80-48-40-64-20-16-18-22-72(64)56-80/h9-50,55-58,61-62H,51-54,59-60H2,1-8H3. The van der Waals surface area contributed by atoms with Crippen LogP contribution in [-0.2, 0) is 5.41 Å². The van der Waals surface area contributed by atoms with Crippen LogP contribution in [0.4, 0.5) is 34.1 Å². The molecule has 0 amide bonds. The van der Waals surface area contributed by atoms with E-state index in [-0.39, 0.29) is 16.2 Å². The minimum Gasteiger partial charge on any atom is -0.310 e. The van der Waals surface area contributed by atoms with Crippen molar-refractivity contribution >= 4 is 55.7 Å². The van der Waals surface area contributed by atoms with E-state index in [2.05, 4.69) is 344 Å². The van der Waals surface area contributed by atoms with E-state index >= 15 is 0 Å². The van der Waals surface area contributed by atoms with E-state index in [0.717, 1.165) is 47.0 Å². The van der Waals surface area contributed by atoms with Crippen LogP contribution in [-0.4, -0.2) is 0 Å². The monoisotopic (exact) mass is 1160 g/mol. The molecule has 2 unspecified atom stereocenters. The van der Waals surface area contributed by atoms with Crippen LogP contribution in [0.25, 0.3) is 77.2 Å². The fourth-order valence-corrected chi connectivity index (χ4v) is 14.8. The molecule has 0 fully saturated rings. The Balaban J connectivity index is 0.816. The molecule has 2 nitrogen and oxygen atoms in total. The van der Waals surface area contributed by atoms with Crippen LogP contribution in [0.2, 0.25) is 0 Å². The molecular weight excluding hydrogens is 1070 g/mol. The van der Waals surface area contributed by atoms with Gasteiger partial charge in [0.15, 0.2) is 0 Å². The van der Waals surface area contributed by atoms with E-state index in [4.69, 9.17) is 0 Å². The summed E-state index contributed by atoms with van der Waals surface area (Å²) in [4.78, 5) is 4.71. The zero-order chi connectivity index (χ0) is 61.3. The van der Waals surface area contributed by atoms with E-state index in [1.165, 1.54) is 114 Å². The predicted molar refractivity (Wildman–Crippen MR) is 384 cm³/mol. The second-order valence-electron chi connectivity index (χ2n) is 28.1. The number of hydrogen-bond donors (Lipinski definition) is 0. The molecule has 0 aliphatic heterocycles. The van der Waals surface area contributed by atoms with Gasteiger partial charge in [-0.25, -0.2) is 0 Å². The van der Waals surface area contributed by atoms with E-state index in [0.29, 0.717) is 11.8 Å². The van der Waals surface area contributed by atoms with Crippen LogP contribution < -0.4 is 9.80 Å². The van der Waals surface area contributed by atoms with E-state index in [1.807, 2.05) is 0 Å². The van der Waals surface area contributed by atoms with Crippen molar-refractivity contribution in [3.63, 3.8) is 0 Å². The van der Waals surface area contributed by atoms with Crippen LogP contribution in [0, 0.1) is 22.7 Å². The molecule has 0 saturated heterocycles. The van der Waals surface area contributed by atoms with Crippen molar-refractivity contribution in [1.82, 2.24) is 0 Å². The summed E-state index contributed by atoms with van der Waals surface area (Å²) >= 11 is 0. The van der Waals surface area contributed by atoms with Crippen LogP contribution in [0.15, 0.2) is 279 Å². The molecule has 442 valence electrons. The van der Waals surface area contributed by atoms with Gasteiger partial charge in [0.05, 0.1) is 0 Å². The molecule has 12 aromatic carbocycles. The van der Waals surface area contributed by atoms with Crippen molar-refractivity contribution in [3.8, 4) is 55.6 Å². The third-order valence-electron chi connectivity index (χ3n) is 18.8. The molecular formula is C87H84N2. The predicted octanol–water partition coefficient (Wildman–Crippen LogP) is 25.6. The van der Waals surface area contributed by atoms with Crippen molar-refractivity contribution in [1.29, 1.82) is 0 Å². The van der Waals surface area contributed by atoms with Crippen molar-refractivity contribution in [2.75, 3.05) is 9.80 Å². The minimum atomic E-state index is -0.140. The molecule has 0 bridgehead atoms. The van der Waals surface area contributed by atoms with Crippen LogP contribution in [0.3, 0.4) is 0 Å². The number of anilines is 6. The Morgan fingerprint density at radius 1 is 0.281 bits per heavy atom. The Morgan fingerprint density at radius 3 is 0.910 bits per heavy atom. The van der Waals surface area contributed by atoms with Gasteiger partial charge < -0.3 is 9.80 Å². The van der Waals surface area contributed by atoms with E-state index in [9.17, 15) is 0 Å². The van der Waals surface area contributed by atoms with Gasteiger partial charge in [-0.3, -0.25) is 0 Å². The molecule has 12 aromatic rings. The second kappa shape index (κ2) is 24.7. The topological polar surface area (TPSA) is 6.48 Å². The smallest absolute Gasteiger partial charge is 0.0468 e. The van der Waals surface area contributed by atoms with Crippen molar-refractivity contribution < 1.29 is 0 Å². The zero-order valence-electron chi connectivity index (χ0n) is 53.3. The van der Waals surface area contributed by atoms with Crippen LogP contribution >= 0.6 is 0 Å². The molecule has 2 heteroatoms. The van der Waals surface area contributed by atoms with Gasteiger partial charge in [0, 0.05) is 39.5 Å². The molecule has 89 heavy (non-hydrogen) atoms. The van der Waals surface area contributed by atoms with Gasteiger partial charge in [0.25, 0.3) is 0 Å². The third kappa shape index (κ3) is 12.8. The Labute approximate surface area is 530 Å². The molecule has 0 aromatic heterocycles. The first-order chi connectivity index (χ1) is 43.1. The highest BCUT2D eigenvalue weighted by molar-refractivity contribution is 5.92. The first kappa shape index (κ1) is 58.8. The number of nitrogens with zero attached hydrogens (tertiary/aromatic N) is 2. The molecule has 13 rings (SSSR count). The number of benzene rings is 12. The van der Waals surface area contributed by atoms with Crippen molar-refractivity contribution in [2.24, 2.45) is 22.7 Å². The largest absolute Gasteiger partial charge is 0.310 e. The highest BCUT2D eigenvalue weighted by Gasteiger charge is 2.44. The summed E-state index contributed by atoms with van der Waals surface area (Å²) < 4.78 is 0. The van der Waals surface area contributed by atoms with Gasteiger partial charge in [-0.2, -0.15) is 0 Å². The molecule has 0 heterocycles. The summed E-state index contributed by atoms with van der Waals surface area (Å²) in [7, 11) is 0. The third-order valence-corrected chi connectivity index (χ3v) is 18.8. The van der Waals surface area contributed by atoms with Gasteiger partial charge in [-0.1, -0.05) is 250 Å². The summed E-state index contributed by atoms with van der Waals surface area (Å²) in [5.41, 5.74) is 22.9. The Morgan fingerprint density at radius 2 is 0.562 bits per heavy atom. The fourth-order valence-electron chi connectivity index (χ4n) is 14.8. The van der Waals surface area contributed by atoms with Gasteiger partial charge in [-0.05, 0) is 234 Å². The molecule has 0 saturated carbocycles. The number of hydrogen-bond acceptors (Lipinski definition) is 2. The SMILES string of the molecule is CC(CCC1(CCC(C)CC(C)(C)C)c2cc(-c3ccc(-c4ccc(N(c5ccccc5)c5ccc6ccccc6c5)cc4)cc3)ccc2-c2ccc(-c3ccc(-c4ccc(N(c5ccccc5)c5ccc6ccccc6c5)cc4)cc3)cc21)CC(C)(C)C. The van der Waals surface area contributed by atoms with Gasteiger partial charge in [0.2, 0.25) is 0 Å². The second-order valence-corrected chi connectivity index (χ2v) is 28.1.